The Morgan fingerprint density at radius 1 is 1.12 bits per heavy atom. The van der Waals surface area contributed by atoms with Gasteiger partial charge in [-0.1, -0.05) is 5.16 Å². The monoisotopic (exact) mass is 497 g/mol. The van der Waals surface area contributed by atoms with E-state index in [4.69, 9.17) is 4.74 Å². The zero-order valence-corrected chi connectivity index (χ0v) is 18.1. The molecule has 0 radical (unpaired) electrons. The molecule has 8 nitrogen and oxygen atoms in total. The Balaban J connectivity index is 1.85. The van der Waals surface area contributed by atoms with E-state index in [9.17, 15) is 30.8 Å². The molecule has 178 valence electrons. The third-order valence-corrected chi connectivity index (χ3v) is 6.18. The van der Waals surface area contributed by atoms with Crippen LogP contribution in [0, 0.1) is 5.82 Å². The van der Waals surface area contributed by atoms with Crippen molar-refractivity contribution in [1.82, 2.24) is 9.72 Å². The standard InChI is InChI=1S/C21H15F4N3O5S/c1-32-18-9-13(11-21(23,24)25)15(22)10-17(18)28-16-4-3-14(8-12(16)2-5-20(28)29)34(30,31)27-19-6-7-33-26-19/h2-10H,11H2,1H3,(H,26,27). The molecule has 2 aromatic heterocycles. The number of halogens is 4. The fraction of sp³-hybridized carbons (Fsp3) is 0.143. The summed E-state index contributed by atoms with van der Waals surface area (Å²) in [7, 11) is -2.88. The summed E-state index contributed by atoms with van der Waals surface area (Å²) in [6, 6.07) is 9.24. The van der Waals surface area contributed by atoms with Crippen LogP contribution < -0.4 is 15.0 Å². The molecule has 2 heterocycles. The minimum absolute atomic E-state index is 0.0378. The van der Waals surface area contributed by atoms with Gasteiger partial charge in [-0.3, -0.25) is 14.1 Å². The first-order valence-corrected chi connectivity index (χ1v) is 11.0. The van der Waals surface area contributed by atoms with Gasteiger partial charge >= 0.3 is 6.18 Å². The predicted molar refractivity (Wildman–Crippen MR) is 113 cm³/mol. The van der Waals surface area contributed by atoms with Crippen molar-refractivity contribution in [2.75, 3.05) is 11.8 Å². The second-order valence-corrected chi connectivity index (χ2v) is 8.81. The molecule has 13 heteroatoms. The third-order valence-electron chi connectivity index (χ3n) is 4.83. The summed E-state index contributed by atoms with van der Waals surface area (Å²) in [4.78, 5) is 12.5. The number of anilines is 1. The topological polar surface area (TPSA) is 103 Å². The Bertz CT molecular complexity index is 1530. The smallest absolute Gasteiger partial charge is 0.393 e. The maximum atomic E-state index is 14.5. The summed E-state index contributed by atoms with van der Waals surface area (Å²) < 4.78 is 91.1. The minimum atomic E-state index is -4.65. The number of sulfonamides is 1. The molecule has 0 unspecified atom stereocenters. The zero-order chi connectivity index (χ0) is 24.7. The second-order valence-electron chi connectivity index (χ2n) is 7.13. The molecule has 0 saturated carbocycles. The Kier molecular flexibility index (Phi) is 5.81. The van der Waals surface area contributed by atoms with E-state index < -0.39 is 39.6 Å². The summed E-state index contributed by atoms with van der Waals surface area (Å²) in [6.45, 7) is 0. The molecule has 0 atom stereocenters. The van der Waals surface area contributed by atoms with Crippen molar-refractivity contribution in [2.24, 2.45) is 0 Å². The lowest BCUT2D eigenvalue weighted by atomic mass is 10.1. The second kappa shape index (κ2) is 8.48. The number of pyridine rings is 1. The Morgan fingerprint density at radius 2 is 1.88 bits per heavy atom. The third kappa shape index (κ3) is 4.59. The van der Waals surface area contributed by atoms with E-state index >= 15 is 0 Å². The van der Waals surface area contributed by atoms with Gasteiger partial charge in [0.15, 0.2) is 5.82 Å². The van der Waals surface area contributed by atoms with E-state index in [2.05, 4.69) is 14.4 Å². The molecule has 1 N–H and O–H groups in total. The molecule has 0 bridgehead atoms. The number of rotatable bonds is 6. The lowest BCUT2D eigenvalue weighted by molar-refractivity contribution is -0.127. The fourth-order valence-corrected chi connectivity index (χ4v) is 4.40. The predicted octanol–water partition coefficient (Wildman–Crippen LogP) is 4.03. The van der Waals surface area contributed by atoms with Crippen molar-refractivity contribution < 1.29 is 35.2 Å². The van der Waals surface area contributed by atoms with Crippen LogP contribution in [-0.4, -0.2) is 31.4 Å². The van der Waals surface area contributed by atoms with Crippen LogP contribution >= 0.6 is 0 Å². The van der Waals surface area contributed by atoms with Crippen molar-refractivity contribution in [3.8, 4) is 11.4 Å². The molecule has 0 fully saturated rings. The average Bonchev–Trinajstić information content (AvgIpc) is 3.26. The fourth-order valence-electron chi connectivity index (χ4n) is 3.38. The highest BCUT2D eigenvalue weighted by molar-refractivity contribution is 7.92. The van der Waals surface area contributed by atoms with Crippen LogP contribution in [-0.2, 0) is 16.4 Å². The van der Waals surface area contributed by atoms with Gasteiger partial charge in [0.25, 0.3) is 15.6 Å². The summed E-state index contributed by atoms with van der Waals surface area (Å²) in [5, 5.41) is 3.76. The lowest BCUT2D eigenvalue weighted by Crippen LogP contribution is -2.20. The molecule has 34 heavy (non-hydrogen) atoms. The molecule has 4 rings (SSSR count). The first-order chi connectivity index (χ1) is 16.0. The minimum Gasteiger partial charge on any atom is -0.495 e. The maximum absolute atomic E-state index is 14.5. The average molecular weight is 497 g/mol. The lowest BCUT2D eigenvalue weighted by Gasteiger charge is -2.17. The van der Waals surface area contributed by atoms with E-state index in [-0.39, 0.29) is 33.1 Å². The summed E-state index contributed by atoms with van der Waals surface area (Å²) in [5.74, 6) is -1.38. The Morgan fingerprint density at radius 3 is 2.53 bits per heavy atom. The Labute approximate surface area is 189 Å². The van der Waals surface area contributed by atoms with Gasteiger partial charge in [-0.25, -0.2) is 12.8 Å². The molecule has 0 saturated heterocycles. The van der Waals surface area contributed by atoms with Gasteiger partial charge in [0.2, 0.25) is 0 Å². The van der Waals surface area contributed by atoms with Crippen LogP contribution in [0.4, 0.5) is 23.4 Å². The highest BCUT2D eigenvalue weighted by Crippen LogP contribution is 2.32. The van der Waals surface area contributed by atoms with Gasteiger partial charge in [-0.15, -0.1) is 0 Å². The number of nitrogens with zero attached hydrogens (tertiary/aromatic N) is 2. The van der Waals surface area contributed by atoms with E-state index in [1.165, 1.54) is 43.7 Å². The number of nitrogens with one attached hydrogen (secondary N) is 1. The number of benzene rings is 2. The summed E-state index contributed by atoms with van der Waals surface area (Å²) in [6.07, 6.45) is -4.98. The van der Waals surface area contributed by atoms with Crippen LogP contribution in [0.2, 0.25) is 0 Å². The van der Waals surface area contributed by atoms with Crippen molar-refractivity contribution in [1.29, 1.82) is 0 Å². The van der Waals surface area contributed by atoms with Crippen molar-refractivity contribution in [2.45, 2.75) is 17.5 Å². The molecule has 2 aromatic carbocycles. The number of hydrogen-bond acceptors (Lipinski definition) is 6. The molecule has 4 aromatic rings. The van der Waals surface area contributed by atoms with Crippen LogP contribution in [0.5, 0.6) is 5.75 Å². The van der Waals surface area contributed by atoms with E-state index in [1.54, 1.807) is 0 Å². The number of fused-ring (bicyclic) bond motifs is 1. The van der Waals surface area contributed by atoms with Crippen LogP contribution in [0.3, 0.4) is 0 Å². The number of hydrogen-bond donors (Lipinski definition) is 1. The first-order valence-electron chi connectivity index (χ1n) is 9.51. The number of methoxy groups -OCH3 is 1. The highest BCUT2D eigenvalue weighted by atomic mass is 32.2. The van der Waals surface area contributed by atoms with E-state index in [1.807, 2.05) is 0 Å². The molecule has 0 aliphatic carbocycles. The highest BCUT2D eigenvalue weighted by Gasteiger charge is 2.30. The normalized spacial score (nSPS) is 12.1. The van der Waals surface area contributed by atoms with Crippen molar-refractivity contribution in [3.63, 3.8) is 0 Å². The first kappa shape index (κ1) is 23.3. The molecule has 0 spiro atoms. The Hall–Kier alpha value is -3.87. The summed E-state index contributed by atoms with van der Waals surface area (Å²) in [5.41, 5.74) is -1.24. The van der Waals surface area contributed by atoms with Gasteiger partial charge in [-0.2, -0.15) is 13.2 Å². The van der Waals surface area contributed by atoms with Crippen molar-refractivity contribution in [3.05, 3.63) is 76.5 Å². The zero-order valence-electron chi connectivity index (χ0n) is 17.3. The molecule has 0 aliphatic heterocycles. The summed E-state index contributed by atoms with van der Waals surface area (Å²) >= 11 is 0. The SMILES string of the molecule is COc1cc(CC(F)(F)F)c(F)cc1-n1c(=O)ccc2cc(S(=O)(=O)Nc3ccon3)ccc21. The van der Waals surface area contributed by atoms with E-state index in [0.29, 0.717) is 0 Å². The molecular formula is C21H15F4N3O5S. The molecule has 0 amide bonds. The van der Waals surface area contributed by atoms with Crippen LogP contribution in [0.1, 0.15) is 5.56 Å². The number of ether oxygens (including phenoxy) is 1. The maximum Gasteiger partial charge on any atom is 0.393 e. The van der Waals surface area contributed by atoms with Crippen LogP contribution in [0.15, 0.2) is 69.0 Å². The van der Waals surface area contributed by atoms with Gasteiger partial charge in [0.05, 0.1) is 29.6 Å². The van der Waals surface area contributed by atoms with Gasteiger partial charge < -0.3 is 9.26 Å². The largest absolute Gasteiger partial charge is 0.495 e. The quantitative estimate of drug-likeness (QED) is 0.404. The number of alkyl halides is 3. The number of aromatic nitrogens is 2. The van der Waals surface area contributed by atoms with Gasteiger partial charge in [0.1, 0.15) is 17.8 Å². The van der Waals surface area contributed by atoms with Crippen molar-refractivity contribution >= 4 is 26.7 Å². The van der Waals surface area contributed by atoms with Gasteiger partial charge in [-0.05, 0) is 30.3 Å². The van der Waals surface area contributed by atoms with E-state index in [0.717, 1.165) is 22.8 Å². The van der Waals surface area contributed by atoms with Crippen LogP contribution in [0.25, 0.3) is 16.6 Å². The molecular weight excluding hydrogens is 482 g/mol. The molecule has 0 aliphatic rings. The van der Waals surface area contributed by atoms with Gasteiger partial charge in [0, 0.05) is 29.1 Å².